The third kappa shape index (κ3) is 6.12. The fourth-order valence-corrected chi connectivity index (χ4v) is 4.98. The summed E-state index contributed by atoms with van der Waals surface area (Å²) in [5.41, 5.74) is 1.14. The third-order valence-corrected chi connectivity index (χ3v) is 7.23. The van der Waals surface area contributed by atoms with Gasteiger partial charge in [-0.3, -0.25) is 9.59 Å². The quantitative estimate of drug-likeness (QED) is 0.535. The first kappa shape index (κ1) is 24.7. The van der Waals surface area contributed by atoms with Crippen LogP contribution in [0.2, 0.25) is 0 Å². The molecule has 1 aromatic carbocycles. The molecule has 1 aliphatic rings. The van der Waals surface area contributed by atoms with E-state index in [0.717, 1.165) is 5.69 Å². The number of sulfonamides is 1. The Hall–Kier alpha value is -2.89. The summed E-state index contributed by atoms with van der Waals surface area (Å²) in [6, 6.07) is 7.92. The lowest BCUT2D eigenvalue weighted by Gasteiger charge is -2.28. The van der Waals surface area contributed by atoms with Crippen molar-refractivity contribution in [2.24, 2.45) is 0 Å². The number of carbonyl (C=O) groups excluding carboxylic acids is 2. The highest BCUT2D eigenvalue weighted by atomic mass is 32.2. The standard InChI is InChI=1S/C22H30N4O6S/c1-3-25(4-2)19-8-7-17(33(29,30)26-11-14-31-15-12-26)16-18(19)24-21(27)9-10-23-22(28)20-6-5-13-32-20/h5-8,13,16H,3-4,9-12,14-15H2,1-2H3,(H,23,28)(H,24,27). The van der Waals surface area contributed by atoms with Crippen molar-refractivity contribution in [1.82, 2.24) is 9.62 Å². The molecule has 33 heavy (non-hydrogen) atoms. The van der Waals surface area contributed by atoms with Gasteiger partial charge in [0.25, 0.3) is 5.91 Å². The van der Waals surface area contributed by atoms with Crippen LogP contribution >= 0.6 is 0 Å². The molecule has 10 nitrogen and oxygen atoms in total. The molecule has 1 saturated heterocycles. The lowest BCUT2D eigenvalue weighted by molar-refractivity contribution is -0.116. The van der Waals surface area contributed by atoms with Crippen molar-refractivity contribution in [2.45, 2.75) is 25.2 Å². The van der Waals surface area contributed by atoms with Crippen molar-refractivity contribution in [3.8, 4) is 0 Å². The second-order valence-electron chi connectivity index (χ2n) is 7.40. The number of rotatable bonds is 10. The highest BCUT2D eigenvalue weighted by Gasteiger charge is 2.27. The monoisotopic (exact) mass is 478 g/mol. The molecule has 1 aromatic heterocycles. The lowest BCUT2D eigenvalue weighted by atomic mass is 10.2. The summed E-state index contributed by atoms with van der Waals surface area (Å²) >= 11 is 0. The van der Waals surface area contributed by atoms with Gasteiger partial charge in [-0.05, 0) is 44.2 Å². The van der Waals surface area contributed by atoms with Crippen LogP contribution in [0.5, 0.6) is 0 Å². The summed E-state index contributed by atoms with van der Waals surface area (Å²) in [4.78, 5) is 26.7. The molecule has 2 N–H and O–H groups in total. The fraction of sp³-hybridized carbons (Fsp3) is 0.455. The minimum atomic E-state index is -3.71. The second-order valence-corrected chi connectivity index (χ2v) is 9.34. The maximum Gasteiger partial charge on any atom is 0.286 e. The van der Waals surface area contributed by atoms with Gasteiger partial charge in [-0.25, -0.2) is 8.42 Å². The number of hydrogen-bond acceptors (Lipinski definition) is 7. The van der Waals surface area contributed by atoms with E-state index in [2.05, 4.69) is 10.6 Å². The van der Waals surface area contributed by atoms with Crippen LogP contribution in [0.25, 0.3) is 0 Å². The number of furan rings is 1. The molecule has 0 atom stereocenters. The first-order valence-electron chi connectivity index (χ1n) is 10.9. The summed E-state index contributed by atoms with van der Waals surface area (Å²) in [7, 11) is -3.71. The number of nitrogens with zero attached hydrogens (tertiary/aromatic N) is 2. The number of morpholine rings is 1. The Balaban J connectivity index is 1.75. The van der Waals surface area contributed by atoms with Gasteiger partial charge >= 0.3 is 0 Å². The summed E-state index contributed by atoms with van der Waals surface area (Å²) in [6.07, 6.45) is 1.42. The van der Waals surface area contributed by atoms with Crippen molar-refractivity contribution in [2.75, 3.05) is 56.2 Å². The predicted molar refractivity (Wildman–Crippen MR) is 124 cm³/mol. The van der Waals surface area contributed by atoms with Crippen LogP contribution in [-0.4, -0.2) is 70.5 Å². The summed E-state index contributed by atoms with van der Waals surface area (Å²) in [5.74, 6) is -0.584. The molecule has 1 aliphatic heterocycles. The Kier molecular flexibility index (Phi) is 8.48. The van der Waals surface area contributed by atoms with E-state index in [1.165, 1.54) is 22.7 Å². The van der Waals surface area contributed by atoms with Gasteiger partial charge in [0, 0.05) is 39.1 Å². The number of carbonyl (C=O) groups is 2. The maximum atomic E-state index is 13.1. The minimum absolute atomic E-state index is 0.0184. The molecule has 0 saturated carbocycles. The number of ether oxygens (including phenoxy) is 1. The molecule has 0 spiro atoms. The Morgan fingerprint density at radius 3 is 2.48 bits per heavy atom. The maximum absolute atomic E-state index is 13.1. The number of nitrogens with one attached hydrogen (secondary N) is 2. The zero-order chi connectivity index (χ0) is 23.8. The van der Waals surface area contributed by atoms with Crippen molar-refractivity contribution in [3.05, 3.63) is 42.4 Å². The van der Waals surface area contributed by atoms with Crippen molar-refractivity contribution in [1.29, 1.82) is 0 Å². The van der Waals surface area contributed by atoms with E-state index < -0.39 is 15.9 Å². The van der Waals surface area contributed by atoms with E-state index >= 15 is 0 Å². The normalized spacial score (nSPS) is 14.6. The molecular weight excluding hydrogens is 448 g/mol. The van der Waals surface area contributed by atoms with E-state index in [1.807, 2.05) is 18.7 Å². The molecule has 2 aromatic rings. The molecule has 180 valence electrons. The Labute approximate surface area is 193 Å². The van der Waals surface area contributed by atoms with E-state index in [1.54, 1.807) is 18.2 Å². The number of anilines is 2. The average molecular weight is 479 g/mol. The first-order chi connectivity index (χ1) is 15.9. The molecule has 0 aliphatic carbocycles. The summed E-state index contributed by atoms with van der Waals surface area (Å²) in [6.45, 7) is 6.73. The first-order valence-corrected chi connectivity index (χ1v) is 12.4. The fourth-order valence-electron chi connectivity index (χ4n) is 3.55. The molecule has 0 unspecified atom stereocenters. The number of amides is 2. The van der Waals surface area contributed by atoms with E-state index in [0.29, 0.717) is 32.0 Å². The average Bonchev–Trinajstić information content (AvgIpc) is 3.36. The smallest absolute Gasteiger partial charge is 0.286 e. The van der Waals surface area contributed by atoms with Gasteiger partial charge in [0.1, 0.15) is 0 Å². The predicted octanol–water partition coefficient (Wildman–Crippen LogP) is 1.91. The van der Waals surface area contributed by atoms with Crippen LogP contribution < -0.4 is 15.5 Å². The molecule has 11 heteroatoms. The van der Waals surface area contributed by atoms with Crippen LogP contribution in [0, 0.1) is 0 Å². The van der Waals surface area contributed by atoms with Crippen molar-refractivity contribution < 1.29 is 27.2 Å². The number of hydrogen-bond donors (Lipinski definition) is 2. The van der Waals surface area contributed by atoms with Gasteiger partial charge in [-0.1, -0.05) is 0 Å². The summed E-state index contributed by atoms with van der Waals surface area (Å²) in [5, 5.41) is 5.44. The van der Waals surface area contributed by atoms with E-state index in [-0.39, 0.29) is 42.6 Å². The highest BCUT2D eigenvalue weighted by Crippen LogP contribution is 2.30. The third-order valence-electron chi connectivity index (χ3n) is 5.34. The Morgan fingerprint density at radius 2 is 1.85 bits per heavy atom. The van der Waals surface area contributed by atoms with Crippen molar-refractivity contribution in [3.63, 3.8) is 0 Å². The lowest BCUT2D eigenvalue weighted by Crippen LogP contribution is -2.40. The van der Waals surface area contributed by atoms with Gasteiger partial charge < -0.3 is 24.7 Å². The van der Waals surface area contributed by atoms with Crippen LogP contribution in [0.4, 0.5) is 11.4 Å². The Bertz CT molecular complexity index is 1040. The molecule has 1 fully saturated rings. The SMILES string of the molecule is CCN(CC)c1ccc(S(=O)(=O)N2CCOCC2)cc1NC(=O)CCNC(=O)c1ccco1. The van der Waals surface area contributed by atoms with Gasteiger partial charge in [-0.15, -0.1) is 0 Å². The zero-order valence-corrected chi connectivity index (χ0v) is 19.7. The van der Waals surface area contributed by atoms with Crippen LogP contribution in [0.3, 0.4) is 0 Å². The van der Waals surface area contributed by atoms with Gasteiger partial charge in [0.05, 0.1) is 35.7 Å². The van der Waals surface area contributed by atoms with Gasteiger partial charge in [-0.2, -0.15) is 4.31 Å². The van der Waals surface area contributed by atoms with Crippen LogP contribution in [-0.2, 0) is 19.6 Å². The highest BCUT2D eigenvalue weighted by molar-refractivity contribution is 7.89. The number of benzene rings is 1. The molecule has 0 radical (unpaired) electrons. The molecule has 0 bridgehead atoms. The van der Waals surface area contributed by atoms with Gasteiger partial charge in [0.15, 0.2) is 5.76 Å². The molecule has 2 heterocycles. The summed E-state index contributed by atoms with van der Waals surface area (Å²) < 4.78 is 37.9. The van der Waals surface area contributed by atoms with E-state index in [4.69, 9.17) is 9.15 Å². The molecule has 2 amide bonds. The molecule has 3 rings (SSSR count). The minimum Gasteiger partial charge on any atom is -0.459 e. The second kappa shape index (κ2) is 11.3. The van der Waals surface area contributed by atoms with Crippen LogP contribution in [0.15, 0.2) is 45.9 Å². The Morgan fingerprint density at radius 1 is 1.12 bits per heavy atom. The van der Waals surface area contributed by atoms with Crippen LogP contribution in [0.1, 0.15) is 30.8 Å². The largest absolute Gasteiger partial charge is 0.459 e. The topological polar surface area (TPSA) is 121 Å². The molecular formula is C22H30N4O6S. The van der Waals surface area contributed by atoms with Crippen molar-refractivity contribution >= 4 is 33.2 Å². The van der Waals surface area contributed by atoms with Gasteiger partial charge in [0.2, 0.25) is 15.9 Å². The van der Waals surface area contributed by atoms with E-state index in [9.17, 15) is 18.0 Å². The zero-order valence-electron chi connectivity index (χ0n) is 18.9.